The average molecular weight is 522 g/mol. The number of fused-ring (bicyclic) bond motifs is 1. The third-order valence-electron chi connectivity index (χ3n) is 4.90. The Bertz CT molecular complexity index is 1220. The number of ether oxygens (including phenoxy) is 1. The molecule has 1 fully saturated rings. The van der Waals surface area contributed by atoms with Gasteiger partial charge in [-0.15, -0.1) is 0 Å². The van der Waals surface area contributed by atoms with Crippen LogP contribution < -0.4 is 9.84 Å². The second-order valence-electron chi connectivity index (χ2n) is 7.09. The number of anilines is 1. The van der Waals surface area contributed by atoms with Crippen LogP contribution in [0.2, 0.25) is 10.0 Å². The molecule has 4 atom stereocenters. The maximum absolute atomic E-state index is 11.1. The normalized spacial score (nSPS) is 23.2. The Morgan fingerprint density at radius 1 is 1.18 bits per heavy atom. The van der Waals surface area contributed by atoms with E-state index < -0.39 is 39.0 Å². The molecule has 3 heterocycles. The summed E-state index contributed by atoms with van der Waals surface area (Å²) in [7, 11) is -4.80. The first kappa shape index (κ1) is 24.1. The van der Waals surface area contributed by atoms with Gasteiger partial charge < -0.3 is 29.9 Å². The number of phosphoric ester groups is 1. The van der Waals surface area contributed by atoms with Crippen LogP contribution in [0.5, 0.6) is 5.75 Å². The molecule has 1 saturated heterocycles. The molecule has 6 N–H and O–H groups in total. The molecule has 0 unspecified atom stereocenters. The van der Waals surface area contributed by atoms with Crippen LogP contribution in [-0.2, 0) is 15.8 Å². The van der Waals surface area contributed by atoms with E-state index >= 15 is 0 Å². The minimum atomic E-state index is -4.80. The van der Waals surface area contributed by atoms with Crippen molar-refractivity contribution < 1.29 is 38.9 Å². The number of imidazole rings is 1. The molecule has 2 aromatic heterocycles. The number of phosphoric acid groups is 1. The van der Waals surface area contributed by atoms with Gasteiger partial charge in [-0.1, -0.05) is 23.2 Å². The van der Waals surface area contributed by atoms with E-state index in [0.29, 0.717) is 11.1 Å². The molecule has 16 heteroatoms. The standard InChI is InChI=1S/C17H18Cl2N5O8P/c18-9-2-8(32-33(28,29)30)1-7(11(9)19)3-20-15-12-16(22-5-21-15)24(6-23-12)17-14(27)13(26)10(4-25)31-17/h1-2,5-6,10,13-14,17,25-27H,3-4H2,(H,20,21,22)(H2,28,29,30)/t10-,13-,14-,17-/m1/s1. The number of aliphatic hydroxyl groups is 3. The second-order valence-corrected chi connectivity index (χ2v) is 9.04. The SMILES string of the molecule is O=P(O)(O)Oc1cc(Cl)c(Cl)c(CNc2ncnc3c2ncn3[C@@H]2O[C@H](CO)[C@@H](O)[C@H]2O)c1. The third kappa shape index (κ3) is 4.92. The van der Waals surface area contributed by atoms with Gasteiger partial charge in [0.2, 0.25) is 0 Å². The Morgan fingerprint density at radius 2 is 1.94 bits per heavy atom. The molecule has 1 aromatic carbocycles. The van der Waals surface area contributed by atoms with Gasteiger partial charge in [-0.05, 0) is 11.6 Å². The molecule has 3 aromatic rings. The zero-order valence-corrected chi connectivity index (χ0v) is 18.9. The molecule has 33 heavy (non-hydrogen) atoms. The Balaban J connectivity index is 1.60. The van der Waals surface area contributed by atoms with Crippen molar-refractivity contribution in [3.05, 3.63) is 40.4 Å². The van der Waals surface area contributed by atoms with Crippen molar-refractivity contribution in [2.24, 2.45) is 0 Å². The summed E-state index contributed by atoms with van der Waals surface area (Å²) in [5.41, 5.74) is 0.951. The molecule has 0 radical (unpaired) electrons. The van der Waals surface area contributed by atoms with Gasteiger partial charge in [-0.3, -0.25) is 14.4 Å². The summed E-state index contributed by atoms with van der Waals surface area (Å²) in [6.07, 6.45) is -2.00. The highest BCUT2D eigenvalue weighted by Gasteiger charge is 2.44. The van der Waals surface area contributed by atoms with Gasteiger partial charge in [0.25, 0.3) is 0 Å². The van der Waals surface area contributed by atoms with E-state index in [1.165, 1.54) is 29.4 Å². The van der Waals surface area contributed by atoms with Crippen LogP contribution >= 0.6 is 31.0 Å². The first-order valence-corrected chi connectivity index (χ1v) is 11.6. The lowest BCUT2D eigenvalue weighted by molar-refractivity contribution is -0.0511. The first-order valence-electron chi connectivity index (χ1n) is 9.36. The van der Waals surface area contributed by atoms with E-state index in [0.717, 1.165) is 0 Å². The van der Waals surface area contributed by atoms with Crippen LogP contribution in [-0.4, -0.2) is 69.5 Å². The zero-order chi connectivity index (χ0) is 23.9. The molecule has 0 aliphatic carbocycles. The Labute approximate surface area is 195 Å². The summed E-state index contributed by atoms with van der Waals surface area (Å²) in [4.78, 5) is 30.6. The highest BCUT2D eigenvalue weighted by atomic mass is 35.5. The number of halogens is 2. The van der Waals surface area contributed by atoms with Gasteiger partial charge in [-0.2, -0.15) is 0 Å². The predicted octanol–water partition coefficient (Wildman–Crippen LogP) is 0.828. The van der Waals surface area contributed by atoms with Crippen LogP contribution in [0.1, 0.15) is 11.8 Å². The molecular weight excluding hydrogens is 504 g/mol. The molecule has 1 aliphatic heterocycles. The summed E-state index contributed by atoms with van der Waals surface area (Å²) in [5, 5.41) is 32.8. The topological polar surface area (TPSA) is 192 Å². The van der Waals surface area contributed by atoms with Gasteiger partial charge >= 0.3 is 7.82 Å². The molecule has 178 valence electrons. The van der Waals surface area contributed by atoms with Gasteiger partial charge in [0.15, 0.2) is 23.2 Å². The van der Waals surface area contributed by atoms with Crippen LogP contribution in [0.25, 0.3) is 11.2 Å². The molecule has 0 amide bonds. The van der Waals surface area contributed by atoms with E-state index in [1.54, 1.807) is 0 Å². The fourth-order valence-electron chi connectivity index (χ4n) is 3.39. The lowest BCUT2D eigenvalue weighted by atomic mass is 10.1. The number of aliphatic hydroxyl groups excluding tert-OH is 3. The van der Waals surface area contributed by atoms with E-state index in [-0.39, 0.29) is 33.8 Å². The van der Waals surface area contributed by atoms with Crippen molar-refractivity contribution in [3.63, 3.8) is 0 Å². The van der Waals surface area contributed by atoms with Crippen molar-refractivity contribution in [3.8, 4) is 5.75 Å². The lowest BCUT2D eigenvalue weighted by Gasteiger charge is -2.16. The number of hydrogen-bond donors (Lipinski definition) is 6. The Kier molecular flexibility index (Phi) is 6.78. The first-order chi connectivity index (χ1) is 15.6. The van der Waals surface area contributed by atoms with Crippen LogP contribution in [0.15, 0.2) is 24.8 Å². The average Bonchev–Trinajstić information content (AvgIpc) is 3.30. The van der Waals surface area contributed by atoms with Gasteiger partial charge in [-0.25, -0.2) is 19.5 Å². The van der Waals surface area contributed by atoms with Crippen LogP contribution in [0.3, 0.4) is 0 Å². The highest BCUT2D eigenvalue weighted by molar-refractivity contribution is 7.46. The molecule has 4 rings (SSSR count). The number of benzene rings is 1. The van der Waals surface area contributed by atoms with Gasteiger partial charge in [0.1, 0.15) is 30.4 Å². The lowest BCUT2D eigenvalue weighted by Crippen LogP contribution is -2.33. The van der Waals surface area contributed by atoms with Crippen molar-refractivity contribution in [2.75, 3.05) is 11.9 Å². The van der Waals surface area contributed by atoms with Crippen molar-refractivity contribution >= 4 is 48.0 Å². The molecule has 0 bridgehead atoms. The maximum atomic E-state index is 11.1. The number of nitrogens with zero attached hydrogens (tertiary/aromatic N) is 4. The fraction of sp³-hybridized carbons (Fsp3) is 0.353. The van der Waals surface area contributed by atoms with Gasteiger partial charge in [0.05, 0.1) is 23.0 Å². The number of rotatable bonds is 7. The minimum Gasteiger partial charge on any atom is -0.404 e. The van der Waals surface area contributed by atoms with Crippen molar-refractivity contribution in [1.82, 2.24) is 19.5 Å². The van der Waals surface area contributed by atoms with E-state index in [4.69, 9.17) is 37.7 Å². The van der Waals surface area contributed by atoms with Crippen molar-refractivity contribution in [2.45, 2.75) is 31.1 Å². The Morgan fingerprint density at radius 3 is 2.61 bits per heavy atom. The Hall–Kier alpha value is -2.06. The monoisotopic (exact) mass is 521 g/mol. The minimum absolute atomic E-state index is 0.0286. The summed E-state index contributed by atoms with van der Waals surface area (Å²) in [6.45, 7) is -0.443. The summed E-state index contributed by atoms with van der Waals surface area (Å²) in [5.74, 6) is 0.106. The summed E-state index contributed by atoms with van der Waals surface area (Å²) in [6, 6.07) is 2.49. The highest BCUT2D eigenvalue weighted by Crippen LogP contribution is 2.41. The molecular formula is C17H18Cl2N5O8P. The van der Waals surface area contributed by atoms with E-state index in [9.17, 15) is 19.9 Å². The number of nitrogens with one attached hydrogen (secondary N) is 1. The smallest absolute Gasteiger partial charge is 0.404 e. The third-order valence-corrected chi connectivity index (χ3v) is 6.19. The summed E-state index contributed by atoms with van der Waals surface area (Å²) < 4.78 is 22.6. The fourth-order valence-corrected chi connectivity index (χ4v) is 4.18. The number of aromatic nitrogens is 4. The quantitative estimate of drug-likeness (QED) is 0.240. The summed E-state index contributed by atoms with van der Waals surface area (Å²) >= 11 is 12.2. The second kappa shape index (κ2) is 9.29. The van der Waals surface area contributed by atoms with Gasteiger partial charge in [0, 0.05) is 12.6 Å². The predicted molar refractivity (Wildman–Crippen MR) is 115 cm³/mol. The maximum Gasteiger partial charge on any atom is 0.524 e. The largest absolute Gasteiger partial charge is 0.524 e. The zero-order valence-electron chi connectivity index (χ0n) is 16.5. The van der Waals surface area contributed by atoms with E-state index in [2.05, 4.69) is 24.8 Å². The molecule has 1 aliphatic rings. The van der Waals surface area contributed by atoms with Crippen LogP contribution in [0, 0.1) is 0 Å². The van der Waals surface area contributed by atoms with Crippen molar-refractivity contribution in [1.29, 1.82) is 0 Å². The molecule has 0 saturated carbocycles. The van der Waals surface area contributed by atoms with E-state index in [1.807, 2.05) is 0 Å². The molecule has 13 nitrogen and oxygen atoms in total. The van der Waals surface area contributed by atoms with Crippen LogP contribution in [0.4, 0.5) is 5.82 Å². The number of hydrogen-bond acceptors (Lipinski definition) is 10. The molecule has 0 spiro atoms.